The van der Waals surface area contributed by atoms with Gasteiger partial charge in [-0.1, -0.05) is 6.92 Å². The fraction of sp³-hybridized carbons (Fsp3) is 0.458. The first-order valence-electron chi connectivity index (χ1n) is 11.6. The molecule has 0 atom stereocenters. The molecular weight excluding hydrogens is 506 g/mol. The number of sulfonamides is 1. The van der Waals surface area contributed by atoms with Crippen LogP contribution >= 0.6 is 11.3 Å². The summed E-state index contributed by atoms with van der Waals surface area (Å²) in [5.41, 5.74) is 1.26. The highest BCUT2D eigenvalue weighted by Crippen LogP contribution is 2.38. The van der Waals surface area contributed by atoms with Gasteiger partial charge in [-0.05, 0) is 55.0 Å². The number of amides is 2. The van der Waals surface area contributed by atoms with Crippen LogP contribution in [0.15, 0.2) is 29.2 Å². The second-order valence-electron chi connectivity index (χ2n) is 8.91. The van der Waals surface area contributed by atoms with Crippen LogP contribution in [0.5, 0.6) is 0 Å². The van der Waals surface area contributed by atoms with E-state index in [2.05, 4.69) is 12.2 Å². The summed E-state index contributed by atoms with van der Waals surface area (Å²) in [7, 11) is -1.05. The Kier molecular flexibility index (Phi) is 7.67. The highest BCUT2D eigenvalue weighted by molar-refractivity contribution is 7.89. The Labute approximate surface area is 214 Å². The SMILES string of the molecule is COC(=O)c1c(NC(=O)c2ccc(S(=O)(=O)N3CCC(C)CC3)cc2)sc2c1CCN(C(=O)OC)C2. The fourth-order valence-electron chi connectivity index (χ4n) is 4.42. The number of nitrogens with one attached hydrogen (secondary N) is 1. The maximum absolute atomic E-state index is 13.0. The Bertz CT molecular complexity index is 1260. The molecule has 3 heterocycles. The van der Waals surface area contributed by atoms with E-state index in [-0.39, 0.29) is 22.6 Å². The molecule has 1 aromatic carbocycles. The molecular formula is C24H29N3O7S2. The van der Waals surface area contributed by atoms with Crippen LogP contribution in [-0.4, -0.2) is 69.4 Å². The van der Waals surface area contributed by atoms with Crippen LogP contribution in [0.3, 0.4) is 0 Å². The van der Waals surface area contributed by atoms with Crippen LogP contribution in [-0.2, 0) is 32.5 Å². The Morgan fingerprint density at radius 1 is 1.03 bits per heavy atom. The minimum Gasteiger partial charge on any atom is -0.465 e. The lowest BCUT2D eigenvalue weighted by atomic mass is 10.0. The van der Waals surface area contributed by atoms with Crippen molar-refractivity contribution < 1.29 is 32.3 Å². The summed E-state index contributed by atoms with van der Waals surface area (Å²) in [6.07, 6.45) is 1.60. The average molecular weight is 536 g/mol. The molecule has 2 aromatic rings. The molecule has 2 aliphatic rings. The number of carbonyl (C=O) groups is 3. The van der Waals surface area contributed by atoms with E-state index in [0.29, 0.717) is 37.0 Å². The average Bonchev–Trinajstić information content (AvgIpc) is 3.24. The number of fused-ring (bicyclic) bond motifs is 1. The molecule has 12 heteroatoms. The summed E-state index contributed by atoms with van der Waals surface area (Å²) in [5, 5.41) is 3.09. The molecule has 10 nitrogen and oxygen atoms in total. The first kappa shape index (κ1) is 26.1. The van der Waals surface area contributed by atoms with Crippen LogP contribution in [0.25, 0.3) is 0 Å². The van der Waals surface area contributed by atoms with Gasteiger partial charge in [0.2, 0.25) is 10.0 Å². The monoisotopic (exact) mass is 535 g/mol. The van der Waals surface area contributed by atoms with E-state index in [4.69, 9.17) is 9.47 Å². The number of anilines is 1. The Morgan fingerprint density at radius 2 is 1.69 bits per heavy atom. The van der Waals surface area contributed by atoms with Gasteiger partial charge >= 0.3 is 12.1 Å². The third kappa shape index (κ3) is 5.11. The summed E-state index contributed by atoms with van der Waals surface area (Å²) in [4.78, 5) is 39.9. The van der Waals surface area contributed by atoms with Gasteiger partial charge in [0.1, 0.15) is 5.00 Å². The van der Waals surface area contributed by atoms with Crippen LogP contribution in [0.2, 0.25) is 0 Å². The number of benzene rings is 1. The molecule has 0 unspecified atom stereocenters. The van der Waals surface area contributed by atoms with Crippen molar-refractivity contribution in [2.24, 2.45) is 5.92 Å². The van der Waals surface area contributed by atoms with Crippen LogP contribution in [0, 0.1) is 5.92 Å². The van der Waals surface area contributed by atoms with Crippen molar-refractivity contribution in [1.82, 2.24) is 9.21 Å². The molecule has 194 valence electrons. The fourth-order valence-corrected chi connectivity index (χ4v) is 7.14. The van der Waals surface area contributed by atoms with Crippen molar-refractivity contribution in [3.05, 3.63) is 45.8 Å². The van der Waals surface area contributed by atoms with Gasteiger partial charge in [0.25, 0.3) is 5.91 Å². The number of hydrogen-bond donors (Lipinski definition) is 1. The molecule has 36 heavy (non-hydrogen) atoms. The lowest BCUT2D eigenvalue weighted by molar-refractivity contribution is 0.0600. The number of rotatable bonds is 5. The zero-order valence-electron chi connectivity index (χ0n) is 20.4. The highest BCUT2D eigenvalue weighted by Gasteiger charge is 2.32. The van der Waals surface area contributed by atoms with Crippen molar-refractivity contribution in [2.45, 2.75) is 37.6 Å². The summed E-state index contributed by atoms with van der Waals surface area (Å²) < 4.78 is 37.2. The molecule has 1 N–H and O–H groups in total. The summed E-state index contributed by atoms with van der Waals surface area (Å²) in [6.45, 7) is 3.72. The van der Waals surface area contributed by atoms with Crippen molar-refractivity contribution in [2.75, 3.05) is 39.2 Å². The van der Waals surface area contributed by atoms with E-state index < -0.39 is 28.0 Å². The number of ether oxygens (including phenoxy) is 2. The Hall–Kier alpha value is -2.96. The van der Waals surface area contributed by atoms with Gasteiger partial charge in [-0.15, -0.1) is 11.3 Å². The normalized spacial score (nSPS) is 16.8. The molecule has 1 saturated heterocycles. The Balaban J connectivity index is 1.54. The van der Waals surface area contributed by atoms with Gasteiger partial charge in [0.05, 0.1) is 31.2 Å². The number of carbonyl (C=O) groups excluding carboxylic acids is 3. The number of piperidine rings is 1. The van der Waals surface area contributed by atoms with E-state index in [0.717, 1.165) is 23.3 Å². The molecule has 2 amide bonds. The molecule has 1 aromatic heterocycles. The number of thiophene rings is 1. The molecule has 1 fully saturated rings. The minimum atomic E-state index is -3.62. The molecule has 2 aliphatic heterocycles. The van der Waals surface area contributed by atoms with Crippen molar-refractivity contribution >= 4 is 44.3 Å². The van der Waals surface area contributed by atoms with E-state index in [1.165, 1.54) is 59.0 Å². The van der Waals surface area contributed by atoms with Crippen molar-refractivity contribution in [3.8, 4) is 0 Å². The third-order valence-electron chi connectivity index (χ3n) is 6.60. The number of methoxy groups -OCH3 is 2. The number of esters is 1. The maximum atomic E-state index is 13.0. The van der Waals surface area contributed by atoms with Crippen LogP contribution in [0.4, 0.5) is 9.80 Å². The van der Waals surface area contributed by atoms with Crippen LogP contribution in [0.1, 0.15) is 50.9 Å². The highest BCUT2D eigenvalue weighted by atomic mass is 32.2. The second kappa shape index (κ2) is 10.6. The predicted octanol–water partition coefficient (Wildman–Crippen LogP) is 3.33. The lowest BCUT2D eigenvalue weighted by Gasteiger charge is -2.29. The topological polar surface area (TPSA) is 122 Å². The van der Waals surface area contributed by atoms with Gasteiger partial charge in [0.15, 0.2) is 0 Å². The van der Waals surface area contributed by atoms with Gasteiger partial charge in [-0.25, -0.2) is 18.0 Å². The van der Waals surface area contributed by atoms with E-state index in [9.17, 15) is 22.8 Å². The first-order chi connectivity index (χ1) is 17.1. The summed E-state index contributed by atoms with van der Waals surface area (Å²) in [5.74, 6) is -0.560. The molecule has 0 saturated carbocycles. The minimum absolute atomic E-state index is 0.137. The maximum Gasteiger partial charge on any atom is 0.409 e. The van der Waals surface area contributed by atoms with Gasteiger partial charge in [-0.3, -0.25) is 4.79 Å². The molecule has 0 radical (unpaired) electrons. The zero-order valence-corrected chi connectivity index (χ0v) is 22.0. The largest absolute Gasteiger partial charge is 0.465 e. The number of hydrogen-bond acceptors (Lipinski definition) is 8. The third-order valence-corrected chi connectivity index (χ3v) is 9.65. The van der Waals surface area contributed by atoms with E-state index in [1.807, 2.05) is 0 Å². The van der Waals surface area contributed by atoms with Gasteiger partial charge in [0, 0.05) is 30.1 Å². The smallest absolute Gasteiger partial charge is 0.409 e. The predicted molar refractivity (Wildman–Crippen MR) is 134 cm³/mol. The second-order valence-corrected chi connectivity index (χ2v) is 11.9. The molecule has 0 bridgehead atoms. The molecule has 4 rings (SSSR count). The Morgan fingerprint density at radius 3 is 2.31 bits per heavy atom. The quantitative estimate of drug-likeness (QED) is 0.583. The standard InChI is InChI=1S/C24H29N3O7S2/c1-15-8-12-27(13-9-15)36(31,32)17-6-4-16(5-7-17)21(28)25-22-20(23(29)33-2)18-10-11-26(24(30)34-3)14-19(18)35-22/h4-7,15H,8-14H2,1-3H3,(H,25,28). The van der Waals surface area contributed by atoms with Crippen molar-refractivity contribution in [1.29, 1.82) is 0 Å². The lowest BCUT2D eigenvalue weighted by Crippen LogP contribution is -2.37. The first-order valence-corrected chi connectivity index (χ1v) is 13.9. The number of nitrogens with zero attached hydrogens (tertiary/aromatic N) is 2. The summed E-state index contributed by atoms with van der Waals surface area (Å²) in [6, 6.07) is 5.77. The molecule has 0 spiro atoms. The van der Waals surface area contributed by atoms with Crippen molar-refractivity contribution in [3.63, 3.8) is 0 Å². The van der Waals surface area contributed by atoms with Gasteiger partial charge in [-0.2, -0.15) is 4.31 Å². The molecule has 0 aliphatic carbocycles. The van der Waals surface area contributed by atoms with Gasteiger partial charge < -0.3 is 19.7 Å². The van der Waals surface area contributed by atoms with E-state index >= 15 is 0 Å². The van der Waals surface area contributed by atoms with E-state index in [1.54, 1.807) is 0 Å². The zero-order chi connectivity index (χ0) is 26.0. The summed E-state index contributed by atoms with van der Waals surface area (Å²) >= 11 is 1.20. The van der Waals surface area contributed by atoms with Crippen LogP contribution < -0.4 is 5.32 Å².